The molecule has 14 heteroatoms. The number of nitrogens with two attached hydrogens (primary N) is 2. The quantitative estimate of drug-likeness (QED) is 0.102. The van der Waals surface area contributed by atoms with Gasteiger partial charge >= 0.3 is 12.1 Å². The molecule has 0 saturated heterocycles. The summed E-state index contributed by atoms with van der Waals surface area (Å²) < 4.78 is 97.4. The lowest BCUT2D eigenvalue weighted by Crippen LogP contribution is -2.54. The fraction of sp³-hybridized carbons (Fsp3) is 0.174. The molecular formula is C23H18F7N5O2. The molecule has 0 amide bonds. The Hall–Kier alpha value is -4.04. The first-order valence-electron chi connectivity index (χ1n) is 10.2. The minimum atomic E-state index is -4.62. The van der Waals surface area contributed by atoms with E-state index in [-0.39, 0.29) is 17.2 Å². The van der Waals surface area contributed by atoms with Crippen molar-refractivity contribution in [1.82, 2.24) is 9.99 Å². The van der Waals surface area contributed by atoms with Gasteiger partial charge in [0.2, 0.25) is 0 Å². The first-order chi connectivity index (χ1) is 17.2. The molecule has 3 rings (SSSR count). The van der Waals surface area contributed by atoms with E-state index in [9.17, 15) is 31.9 Å². The Kier molecular flexibility index (Phi) is 7.55. The highest BCUT2D eigenvalue weighted by atomic mass is 19.4. The molecule has 0 radical (unpaired) electrons. The van der Waals surface area contributed by atoms with Crippen molar-refractivity contribution in [2.75, 3.05) is 6.54 Å². The van der Waals surface area contributed by atoms with Gasteiger partial charge in [0.25, 0.3) is 0 Å². The molecule has 1 aromatic heterocycles. The molecule has 37 heavy (non-hydrogen) atoms. The molecule has 1 unspecified atom stereocenters. The number of aliphatic hydroxyl groups is 1. The van der Waals surface area contributed by atoms with Gasteiger partial charge in [-0.3, -0.25) is 14.8 Å². The van der Waals surface area contributed by atoms with Crippen molar-refractivity contribution in [3.05, 3.63) is 100 Å². The van der Waals surface area contributed by atoms with Crippen LogP contribution in [0.3, 0.4) is 0 Å². The summed E-state index contributed by atoms with van der Waals surface area (Å²) in [7, 11) is 0. The van der Waals surface area contributed by atoms with Crippen molar-refractivity contribution in [3.8, 4) is 0 Å². The zero-order chi connectivity index (χ0) is 27.6. The van der Waals surface area contributed by atoms with Crippen LogP contribution in [0.1, 0.15) is 32.7 Å². The molecule has 0 aliphatic heterocycles. The van der Waals surface area contributed by atoms with E-state index in [1.54, 1.807) is 0 Å². The van der Waals surface area contributed by atoms with Crippen LogP contribution < -0.4 is 11.7 Å². The van der Waals surface area contributed by atoms with Crippen molar-refractivity contribution in [1.29, 1.82) is 0 Å². The summed E-state index contributed by atoms with van der Waals surface area (Å²) in [6, 6.07) is 6.31. The number of hydrazone groups is 1. The number of halogens is 7. The zero-order valence-corrected chi connectivity index (χ0v) is 18.6. The number of hydrazine groups is 1. The van der Waals surface area contributed by atoms with E-state index in [0.29, 0.717) is 47.9 Å². The number of hydrogen-bond donors (Lipinski definition) is 3. The van der Waals surface area contributed by atoms with Gasteiger partial charge in [-0.2, -0.15) is 27.1 Å². The van der Waals surface area contributed by atoms with Gasteiger partial charge < -0.3 is 10.9 Å². The van der Waals surface area contributed by atoms with E-state index in [4.69, 9.17) is 11.7 Å². The van der Waals surface area contributed by atoms with Crippen LogP contribution >= 0.6 is 0 Å². The number of carbonyl (C=O) groups excluding carboxylic acids is 1. The summed E-state index contributed by atoms with van der Waals surface area (Å²) in [5.41, 5.74) is -7.00. The Labute approximate surface area is 204 Å². The van der Waals surface area contributed by atoms with Crippen molar-refractivity contribution in [2.45, 2.75) is 17.7 Å². The van der Waals surface area contributed by atoms with Crippen LogP contribution in [0.15, 0.2) is 65.9 Å². The standard InChI is InChI=1S/C23H18F7N5O2/c24-16-6-7-17(18(25)9-16)21(37,11-35(32)12-34-31)22(26,27)19-8-3-14(10-33-19)20(36)13-1-4-15(5-2-13)23(28,29)30/h1-10,12,37H,11,31-32H2/b34-12-. The van der Waals surface area contributed by atoms with Gasteiger partial charge in [-0.25, -0.2) is 14.6 Å². The molecule has 0 saturated carbocycles. The molecule has 7 nitrogen and oxygen atoms in total. The second kappa shape index (κ2) is 10.1. The lowest BCUT2D eigenvalue weighted by atomic mass is 9.84. The van der Waals surface area contributed by atoms with Crippen molar-refractivity contribution in [2.24, 2.45) is 16.8 Å². The zero-order valence-electron chi connectivity index (χ0n) is 18.6. The lowest BCUT2D eigenvalue weighted by molar-refractivity contribution is -0.203. The monoisotopic (exact) mass is 529 g/mol. The number of hydrogen-bond acceptors (Lipinski definition) is 6. The van der Waals surface area contributed by atoms with Crippen molar-refractivity contribution < 1.29 is 40.6 Å². The highest BCUT2D eigenvalue weighted by molar-refractivity contribution is 6.08. The Morgan fingerprint density at radius 2 is 1.62 bits per heavy atom. The maximum Gasteiger partial charge on any atom is 0.416 e. The number of rotatable bonds is 8. The fourth-order valence-corrected chi connectivity index (χ4v) is 3.47. The van der Waals surface area contributed by atoms with Gasteiger partial charge in [-0.1, -0.05) is 12.1 Å². The third-order valence-corrected chi connectivity index (χ3v) is 5.34. The van der Waals surface area contributed by atoms with Crippen LogP contribution in [0.5, 0.6) is 0 Å². The van der Waals surface area contributed by atoms with E-state index < -0.39 is 58.5 Å². The molecule has 5 N–H and O–H groups in total. The molecule has 1 heterocycles. The van der Waals surface area contributed by atoms with Crippen LogP contribution in [0, 0.1) is 11.6 Å². The number of benzene rings is 2. The molecule has 1 atom stereocenters. The van der Waals surface area contributed by atoms with E-state index in [2.05, 4.69) is 10.1 Å². The molecule has 3 aromatic rings. The Morgan fingerprint density at radius 1 is 1.00 bits per heavy atom. The first-order valence-corrected chi connectivity index (χ1v) is 10.2. The number of nitrogens with zero attached hydrogens (tertiary/aromatic N) is 3. The largest absolute Gasteiger partial charge is 0.416 e. The lowest BCUT2D eigenvalue weighted by Gasteiger charge is -2.37. The summed E-state index contributed by atoms with van der Waals surface area (Å²) >= 11 is 0. The number of carbonyl (C=O) groups is 1. The topological polar surface area (TPSA) is 118 Å². The Balaban J connectivity index is 1.99. The number of alkyl halides is 5. The predicted octanol–water partition coefficient (Wildman–Crippen LogP) is 3.67. The Morgan fingerprint density at radius 3 is 2.14 bits per heavy atom. The minimum absolute atomic E-state index is 0.168. The Bertz CT molecular complexity index is 1300. The van der Waals surface area contributed by atoms with Crippen LogP contribution in [0.25, 0.3) is 0 Å². The van der Waals surface area contributed by atoms with Crippen LogP contribution in [-0.2, 0) is 17.7 Å². The van der Waals surface area contributed by atoms with Gasteiger partial charge in [0.15, 0.2) is 11.4 Å². The summed E-state index contributed by atoms with van der Waals surface area (Å²) in [5, 5.41) is 14.5. The van der Waals surface area contributed by atoms with Crippen molar-refractivity contribution in [3.63, 3.8) is 0 Å². The maximum absolute atomic E-state index is 15.7. The third kappa shape index (κ3) is 5.54. The summed E-state index contributed by atoms with van der Waals surface area (Å²) in [6.07, 6.45) is -3.24. The average Bonchev–Trinajstić information content (AvgIpc) is 2.83. The predicted molar refractivity (Wildman–Crippen MR) is 117 cm³/mol. The fourth-order valence-electron chi connectivity index (χ4n) is 3.47. The van der Waals surface area contributed by atoms with Crippen LogP contribution in [-0.4, -0.2) is 33.8 Å². The average molecular weight is 529 g/mol. The van der Waals surface area contributed by atoms with Gasteiger partial charge in [0.1, 0.15) is 23.7 Å². The summed E-state index contributed by atoms with van der Waals surface area (Å²) in [4.78, 5) is 16.1. The third-order valence-electron chi connectivity index (χ3n) is 5.34. The number of pyridine rings is 1. The normalized spacial score (nSPS) is 14.0. The van der Waals surface area contributed by atoms with Gasteiger partial charge in [-0.15, -0.1) is 0 Å². The highest BCUT2D eigenvalue weighted by Gasteiger charge is 2.58. The maximum atomic E-state index is 15.7. The number of ketones is 1. The van der Waals surface area contributed by atoms with E-state index in [1.165, 1.54) is 0 Å². The highest BCUT2D eigenvalue weighted by Crippen LogP contribution is 2.46. The molecule has 0 spiro atoms. The van der Waals surface area contributed by atoms with Gasteiger partial charge in [-0.05, 0) is 36.4 Å². The van der Waals surface area contributed by atoms with E-state index in [1.807, 2.05) is 0 Å². The minimum Gasteiger partial charge on any atom is -0.377 e. The van der Waals surface area contributed by atoms with Gasteiger partial charge in [0.05, 0.1) is 12.1 Å². The first kappa shape index (κ1) is 27.5. The van der Waals surface area contributed by atoms with Crippen molar-refractivity contribution >= 4 is 12.1 Å². The molecule has 0 fully saturated rings. The molecular weight excluding hydrogens is 511 g/mol. The summed E-state index contributed by atoms with van der Waals surface area (Å²) in [6.45, 7) is -1.18. The second-order valence-electron chi connectivity index (χ2n) is 7.83. The van der Waals surface area contributed by atoms with Crippen LogP contribution in [0.4, 0.5) is 30.7 Å². The van der Waals surface area contributed by atoms with Crippen LogP contribution in [0.2, 0.25) is 0 Å². The van der Waals surface area contributed by atoms with E-state index in [0.717, 1.165) is 18.2 Å². The van der Waals surface area contributed by atoms with E-state index >= 15 is 8.78 Å². The molecule has 0 bridgehead atoms. The molecule has 0 aliphatic carbocycles. The molecule has 0 aliphatic rings. The molecule has 2 aromatic carbocycles. The SMILES string of the molecule is N/N=C\N(N)CC(O)(c1ccc(F)cc1F)C(F)(F)c1ccc(C(=O)c2ccc(C(F)(F)F)cc2)cn1. The number of aromatic nitrogens is 1. The summed E-state index contributed by atoms with van der Waals surface area (Å²) in [5.74, 6) is 2.64. The smallest absolute Gasteiger partial charge is 0.377 e. The second-order valence-corrected chi connectivity index (χ2v) is 7.83. The molecule has 196 valence electrons. The van der Waals surface area contributed by atoms with Gasteiger partial charge in [0, 0.05) is 29.0 Å².